The van der Waals surface area contributed by atoms with Gasteiger partial charge in [0.15, 0.2) is 0 Å². The molecule has 0 heterocycles. The molecular weight excluding hydrogens is 252 g/mol. The predicted molar refractivity (Wildman–Crippen MR) is 80.3 cm³/mol. The first-order valence-corrected chi connectivity index (χ1v) is 6.42. The summed E-state index contributed by atoms with van der Waals surface area (Å²) in [5, 5.41) is 2.77. The van der Waals surface area contributed by atoms with Gasteiger partial charge in [-0.25, -0.2) is 0 Å². The van der Waals surface area contributed by atoms with Gasteiger partial charge in [-0.1, -0.05) is 30.4 Å². The van der Waals surface area contributed by atoms with Gasteiger partial charge in [-0.3, -0.25) is 9.59 Å². The number of amides is 2. The highest BCUT2D eigenvalue weighted by Gasteiger charge is 2.08. The Bertz CT molecular complexity index is 531. The third kappa shape index (κ3) is 5.10. The van der Waals surface area contributed by atoms with Gasteiger partial charge in [-0.15, -0.1) is 0 Å². The molecule has 0 spiro atoms. The maximum absolute atomic E-state index is 11.8. The molecule has 0 aliphatic rings. The van der Waals surface area contributed by atoms with E-state index in [2.05, 4.69) is 5.32 Å². The van der Waals surface area contributed by atoms with Gasteiger partial charge in [-0.2, -0.15) is 0 Å². The maximum atomic E-state index is 11.8. The van der Waals surface area contributed by atoms with Gasteiger partial charge in [0, 0.05) is 32.3 Å². The lowest BCUT2D eigenvalue weighted by Gasteiger charge is -2.11. The largest absolute Gasteiger partial charge is 0.348 e. The Morgan fingerprint density at radius 3 is 2.65 bits per heavy atom. The Labute approximate surface area is 119 Å². The van der Waals surface area contributed by atoms with Crippen molar-refractivity contribution in [2.45, 2.75) is 13.5 Å². The number of hydrogen-bond donors (Lipinski definition) is 1. The molecule has 1 aromatic carbocycles. The topological polar surface area (TPSA) is 49.4 Å². The fourth-order valence-electron chi connectivity index (χ4n) is 1.57. The lowest BCUT2D eigenvalue weighted by molar-refractivity contribution is -0.116. The van der Waals surface area contributed by atoms with Crippen LogP contribution in [-0.2, 0) is 11.3 Å². The van der Waals surface area contributed by atoms with Crippen LogP contribution in [0.25, 0.3) is 0 Å². The molecule has 1 aromatic rings. The van der Waals surface area contributed by atoms with Gasteiger partial charge in [0.25, 0.3) is 5.91 Å². The summed E-state index contributed by atoms with van der Waals surface area (Å²) in [6, 6.07) is 7.24. The predicted octanol–water partition coefficient (Wildman–Crippen LogP) is 2.14. The number of hydrogen-bond acceptors (Lipinski definition) is 2. The van der Waals surface area contributed by atoms with E-state index in [1.807, 2.05) is 25.1 Å². The highest BCUT2D eigenvalue weighted by Crippen LogP contribution is 2.07. The summed E-state index contributed by atoms with van der Waals surface area (Å²) in [4.78, 5) is 24.9. The van der Waals surface area contributed by atoms with Crippen molar-refractivity contribution in [3.63, 3.8) is 0 Å². The molecule has 0 fully saturated rings. The van der Waals surface area contributed by atoms with Crippen molar-refractivity contribution >= 4 is 11.8 Å². The van der Waals surface area contributed by atoms with Gasteiger partial charge in [0.05, 0.1) is 0 Å². The van der Waals surface area contributed by atoms with Crippen molar-refractivity contribution in [3.8, 4) is 0 Å². The number of carbonyl (C=O) groups excluding carboxylic acids is 2. The molecule has 0 saturated heterocycles. The van der Waals surface area contributed by atoms with Crippen LogP contribution in [0.2, 0.25) is 0 Å². The number of carbonyl (C=O) groups is 2. The van der Waals surface area contributed by atoms with E-state index in [0.717, 1.165) is 5.56 Å². The summed E-state index contributed by atoms with van der Waals surface area (Å²) >= 11 is 0. The van der Waals surface area contributed by atoms with Crippen molar-refractivity contribution in [2.75, 3.05) is 14.1 Å². The van der Waals surface area contributed by atoms with E-state index in [1.165, 1.54) is 11.0 Å². The highest BCUT2D eigenvalue weighted by atomic mass is 16.2. The second-order valence-corrected chi connectivity index (χ2v) is 4.50. The Morgan fingerprint density at radius 1 is 1.25 bits per heavy atom. The highest BCUT2D eigenvalue weighted by molar-refractivity contribution is 5.94. The SMILES string of the molecule is CC=CC=CC(=O)NCc1cccc(C(=O)N(C)C)c1. The van der Waals surface area contributed by atoms with Crippen LogP contribution in [0.15, 0.2) is 48.6 Å². The number of benzene rings is 1. The Kier molecular flexibility index (Phi) is 6.23. The van der Waals surface area contributed by atoms with Gasteiger partial charge in [-0.05, 0) is 24.6 Å². The molecular formula is C16H20N2O2. The minimum Gasteiger partial charge on any atom is -0.348 e. The molecule has 0 bridgehead atoms. The summed E-state index contributed by atoms with van der Waals surface area (Å²) in [7, 11) is 3.42. The first kappa shape index (κ1) is 15.7. The van der Waals surface area contributed by atoms with Crippen LogP contribution >= 0.6 is 0 Å². The molecule has 0 aromatic heterocycles. The summed E-state index contributed by atoms with van der Waals surface area (Å²) in [5.41, 5.74) is 1.51. The van der Waals surface area contributed by atoms with Crippen LogP contribution in [0.1, 0.15) is 22.8 Å². The van der Waals surface area contributed by atoms with Crippen LogP contribution in [-0.4, -0.2) is 30.8 Å². The second-order valence-electron chi connectivity index (χ2n) is 4.50. The van der Waals surface area contributed by atoms with Crippen molar-refractivity contribution in [1.29, 1.82) is 0 Å². The summed E-state index contributed by atoms with van der Waals surface area (Å²) in [6.45, 7) is 2.28. The number of nitrogens with one attached hydrogen (secondary N) is 1. The van der Waals surface area contributed by atoms with E-state index in [-0.39, 0.29) is 11.8 Å². The van der Waals surface area contributed by atoms with Gasteiger partial charge >= 0.3 is 0 Å². The quantitative estimate of drug-likeness (QED) is 0.659. The molecule has 0 aliphatic heterocycles. The molecule has 2 amide bonds. The third-order valence-electron chi connectivity index (χ3n) is 2.60. The monoisotopic (exact) mass is 272 g/mol. The zero-order chi connectivity index (χ0) is 15.0. The average Bonchev–Trinajstić information content (AvgIpc) is 2.45. The average molecular weight is 272 g/mol. The fraction of sp³-hybridized carbons (Fsp3) is 0.250. The summed E-state index contributed by atoms with van der Waals surface area (Å²) in [5.74, 6) is -0.210. The van der Waals surface area contributed by atoms with Crippen molar-refractivity contribution < 1.29 is 9.59 Å². The van der Waals surface area contributed by atoms with Gasteiger partial charge in [0.1, 0.15) is 0 Å². The summed E-state index contributed by atoms with van der Waals surface area (Å²) in [6.07, 6.45) is 6.78. The molecule has 0 radical (unpaired) electrons. The Balaban J connectivity index is 2.63. The molecule has 20 heavy (non-hydrogen) atoms. The van der Waals surface area contributed by atoms with Crippen LogP contribution in [0.3, 0.4) is 0 Å². The summed E-state index contributed by atoms with van der Waals surface area (Å²) < 4.78 is 0. The van der Waals surface area contributed by atoms with Gasteiger partial charge in [0.2, 0.25) is 5.91 Å². The second kappa shape index (κ2) is 7.94. The zero-order valence-corrected chi connectivity index (χ0v) is 12.1. The fourth-order valence-corrected chi connectivity index (χ4v) is 1.57. The number of allylic oxidation sites excluding steroid dienone is 3. The normalized spacial score (nSPS) is 10.9. The van der Waals surface area contributed by atoms with E-state index in [1.54, 1.807) is 38.4 Å². The van der Waals surface area contributed by atoms with Crippen molar-refractivity contribution in [1.82, 2.24) is 10.2 Å². The standard InChI is InChI=1S/C16H20N2O2/c1-4-5-6-10-15(19)17-12-13-8-7-9-14(11-13)16(20)18(2)3/h4-11H,12H2,1-3H3,(H,17,19). The minimum atomic E-state index is -0.160. The molecule has 0 unspecified atom stereocenters. The molecule has 1 rings (SSSR count). The lowest BCUT2D eigenvalue weighted by Crippen LogP contribution is -2.23. The van der Waals surface area contributed by atoms with Gasteiger partial charge < -0.3 is 10.2 Å². The van der Waals surface area contributed by atoms with E-state index in [9.17, 15) is 9.59 Å². The van der Waals surface area contributed by atoms with Crippen LogP contribution in [0.4, 0.5) is 0 Å². The zero-order valence-electron chi connectivity index (χ0n) is 12.1. The number of rotatable bonds is 5. The van der Waals surface area contributed by atoms with E-state index in [0.29, 0.717) is 12.1 Å². The molecule has 0 atom stereocenters. The molecule has 4 nitrogen and oxygen atoms in total. The molecule has 0 aliphatic carbocycles. The Morgan fingerprint density at radius 2 is 2.00 bits per heavy atom. The molecule has 0 saturated carbocycles. The van der Waals surface area contributed by atoms with Crippen LogP contribution < -0.4 is 5.32 Å². The van der Waals surface area contributed by atoms with E-state index in [4.69, 9.17) is 0 Å². The third-order valence-corrected chi connectivity index (χ3v) is 2.60. The van der Waals surface area contributed by atoms with Crippen molar-refractivity contribution in [3.05, 3.63) is 59.7 Å². The molecule has 4 heteroatoms. The maximum Gasteiger partial charge on any atom is 0.253 e. The lowest BCUT2D eigenvalue weighted by atomic mass is 10.1. The van der Waals surface area contributed by atoms with E-state index >= 15 is 0 Å². The van der Waals surface area contributed by atoms with Crippen LogP contribution in [0, 0.1) is 0 Å². The molecule has 1 N–H and O–H groups in total. The molecule has 106 valence electrons. The minimum absolute atomic E-state index is 0.0499. The number of nitrogens with zero attached hydrogens (tertiary/aromatic N) is 1. The smallest absolute Gasteiger partial charge is 0.253 e. The van der Waals surface area contributed by atoms with E-state index < -0.39 is 0 Å². The first-order chi connectivity index (χ1) is 9.54. The van der Waals surface area contributed by atoms with Crippen LogP contribution in [0.5, 0.6) is 0 Å². The van der Waals surface area contributed by atoms with Crippen molar-refractivity contribution in [2.24, 2.45) is 0 Å². The first-order valence-electron chi connectivity index (χ1n) is 6.42. The Hall–Kier alpha value is -2.36.